The second kappa shape index (κ2) is 5.87. The van der Waals surface area contributed by atoms with Crippen molar-refractivity contribution in [3.63, 3.8) is 0 Å². The van der Waals surface area contributed by atoms with Crippen molar-refractivity contribution in [1.82, 2.24) is 0 Å². The van der Waals surface area contributed by atoms with Crippen molar-refractivity contribution in [2.24, 2.45) is 0 Å². The lowest BCUT2D eigenvalue weighted by Gasteiger charge is -2.11. The molecule has 0 saturated carbocycles. The average molecular weight is 283 g/mol. The van der Waals surface area contributed by atoms with E-state index in [0.717, 1.165) is 17.7 Å². The van der Waals surface area contributed by atoms with E-state index in [1.54, 1.807) is 18.2 Å². The highest BCUT2D eigenvalue weighted by molar-refractivity contribution is 6.05. The lowest BCUT2D eigenvalue weighted by Crippen LogP contribution is -2.12. The van der Waals surface area contributed by atoms with Crippen LogP contribution in [0.4, 0.5) is 5.69 Å². The molecule has 0 spiro atoms. The summed E-state index contributed by atoms with van der Waals surface area (Å²) in [6.45, 7) is 3.21. The summed E-state index contributed by atoms with van der Waals surface area (Å²) in [6.07, 6.45) is 0.847. The largest absolute Gasteiger partial charge is 0.490 e. The van der Waals surface area contributed by atoms with E-state index < -0.39 is 0 Å². The molecule has 2 aromatic carbocycles. The standard InChI is InChI=1S/C17H17NO3/c1-12-5-2-3-6-14(12)18-17(19)13-7-8-15-16(11-13)21-10-4-9-20-15/h2-3,5-8,11H,4,9-10H2,1H3,(H,18,19). The third-order valence-electron chi connectivity index (χ3n) is 3.40. The maximum Gasteiger partial charge on any atom is 0.255 e. The molecule has 1 heterocycles. The molecule has 2 aromatic rings. The van der Waals surface area contributed by atoms with E-state index >= 15 is 0 Å². The molecule has 0 atom stereocenters. The van der Waals surface area contributed by atoms with Gasteiger partial charge in [-0.2, -0.15) is 0 Å². The number of para-hydroxylation sites is 1. The van der Waals surface area contributed by atoms with E-state index in [4.69, 9.17) is 9.47 Å². The maximum absolute atomic E-state index is 12.3. The van der Waals surface area contributed by atoms with Gasteiger partial charge in [0.2, 0.25) is 0 Å². The molecule has 0 fully saturated rings. The molecule has 21 heavy (non-hydrogen) atoms. The highest BCUT2D eigenvalue weighted by atomic mass is 16.5. The Morgan fingerprint density at radius 3 is 2.62 bits per heavy atom. The topological polar surface area (TPSA) is 47.6 Å². The van der Waals surface area contributed by atoms with E-state index in [1.165, 1.54) is 0 Å². The van der Waals surface area contributed by atoms with Gasteiger partial charge in [-0.15, -0.1) is 0 Å². The molecule has 0 bridgehead atoms. The Balaban J connectivity index is 1.82. The SMILES string of the molecule is Cc1ccccc1NC(=O)c1ccc2c(c1)OCCCO2. The fourth-order valence-corrected chi connectivity index (χ4v) is 2.21. The van der Waals surface area contributed by atoms with Crippen LogP contribution < -0.4 is 14.8 Å². The third-order valence-corrected chi connectivity index (χ3v) is 3.40. The molecule has 0 unspecified atom stereocenters. The number of aryl methyl sites for hydroxylation is 1. The summed E-state index contributed by atoms with van der Waals surface area (Å²) < 4.78 is 11.2. The Hall–Kier alpha value is -2.49. The van der Waals surface area contributed by atoms with E-state index in [0.29, 0.717) is 30.3 Å². The van der Waals surface area contributed by atoms with E-state index in [2.05, 4.69) is 5.32 Å². The number of benzene rings is 2. The molecule has 3 rings (SSSR count). The number of nitrogens with one attached hydrogen (secondary N) is 1. The molecule has 1 amide bonds. The van der Waals surface area contributed by atoms with Crippen LogP contribution >= 0.6 is 0 Å². The van der Waals surface area contributed by atoms with Gasteiger partial charge in [0.25, 0.3) is 5.91 Å². The first-order valence-corrected chi connectivity index (χ1v) is 7.01. The number of carbonyl (C=O) groups excluding carboxylic acids is 1. The molecule has 108 valence electrons. The van der Waals surface area contributed by atoms with Crippen LogP contribution in [-0.2, 0) is 0 Å². The first kappa shape index (κ1) is 13.5. The summed E-state index contributed by atoms with van der Waals surface area (Å²) in [6, 6.07) is 13.0. The molecular formula is C17H17NO3. The minimum atomic E-state index is -0.153. The van der Waals surface area contributed by atoms with Crippen molar-refractivity contribution in [2.75, 3.05) is 18.5 Å². The lowest BCUT2D eigenvalue weighted by molar-refractivity contribution is 0.102. The van der Waals surface area contributed by atoms with E-state index in [9.17, 15) is 4.79 Å². The summed E-state index contributed by atoms with van der Waals surface area (Å²) in [5, 5.41) is 2.91. The minimum absolute atomic E-state index is 0.153. The van der Waals surface area contributed by atoms with Crippen molar-refractivity contribution < 1.29 is 14.3 Å². The lowest BCUT2D eigenvalue weighted by atomic mass is 10.1. The first-order valence-electron chi connectivity index (χ1n) is 7.01. The van der Waals surface area contributed by atoms with Gasteiger partial charge in [0.15, 0.2) is 11.5 Å². The number of rotatable bonds is 2. The fraction of sp³-hybridized carbons (Fsp3) is 0.235. The molecule has 0 saturated heterocycles. The van der Waals surface area contributed by atoms with Crippen LogP contribution in [0.15, 0.2) is 42.5 Å². The smallest absolute Gasteiger partial charge is 0.255 e. The van der Waals surface area contributed by atoms with Crippen LogP contribution in [0, 0.1) is 6.92 Å². The van der Waals surface area contributed by atoms with Gasteiger partial charge >= 0.3 is 0 Å². The van der Waals surface area contributed by atoms with Gasteiger partial charge in [-0.05, 0) is 36.8 Å². The molecule has 4 nitrogen and oxygen atoms in total. The second-order valence-corrected chi connectivity index (χ2v) is 4.98. The summed E-state index contributed by atoms with van der Waals surface area (Å²) >= 11 is 0. The Morgan fingerprint density at radius 1 is 1.05 bits per heavy atom. The maximum atomic E-state index is 12.3. The van der Waals surface area contributed by atoms with Crippen LogP contribution in [-0.4, -0.2) is 19.1 Å². The predicted octanol–water partition coefficient (Wildman–Crippen LogP) is 3.41. The zero-order valence-electron chi connectivity index (χ0n) is 11.9. The fourth-order valence-electron chi connectivity index (χ4n) is 2.21. The van der Waals surface area contributed by atoms with Crippen LogP contribution in [0.2, 0.25) is 0 Å². The molecule has 4 heteroatoms. The molecule has 1 N–H and O–H groups in total. The van der Waals surface area contributed by atoms with Gasteiger partial charge < -0.3 is 14.8 Å². The zero-order valence-corrected chi connectivity index (χ0v) is 11.9. The summed E-state index contributed by atoms with van der Waals surface area (Å²) in [5.41, 5.74) is 2.40. The summed E-state index contributed by atoms with van der Waals surface area (Å²) in [7, 11) is 0. The Morgan fingerprint density at radius 2 is 1.81 bits per heavy atom. The van der Waals surface area contributed by atoms with Crippen LogP contribution in [0.1, 0.15) is 22.3 Å². The van der Waals surface area contributed by atoms with Gasteiger partial charge in [0.1, 0.15) is 0 Å². The molecule has 0 radical (unpaired) electrons. The highest BCUT2D eigenvalue weighted by Crippen LogP contribution is 2.30. The van der Waals surface area contributed by atoms with Gasteiger partial charge in [-0.3, -0.25) is 4.79 Å². The highest BCUT2D eigenvalue weighted by Gasteiger charge is 2.14. The van der Waals surface area contributed by atoms with Crippen molar-refractivity contribution in [3.05, 3.63) is 53.6 Å². The van der Waals surface area contributed by atoms with Crippen molar-refractivity contribution in [2.45, 2.75) is 13.3 Å². The first-order chi connectivity index (χ1) is 10.2. The van der Waals surface area contributed by atoms with Crippen LogP contribution in [0.5, 0.6) is 11.5 Å². The van der Waals surface area contributed by atoms with Crippen molar-refractivity contribution >= 4 is 11.6 Å². The number of amides is 1. The molecule has 1 aliphatic rings. The number of hydrogen-bond donors (Lipinski definition) is 1. The van der Waals surface area contributed by atoms with Crippen molar-refractivity contribution in [3.8, 4) is 11.5 Å². The molecule has 0 aromatic heterocycles. The number of fused-ring (bicyclic) bond motifs is 1. The van der Waals surface area contributed by atoms with E-state index in [1.807, 2.05) is 31.2 Å². The Labute approximate surface area is 123 Å². The average Bonchev–Trinajstić information content (AvgIpc) is 2.74. The number of carbonyl (C=O) groups is 1. The third kappa shape index (κ3) is 2.99. The molecular weight excluding hydrogens is 266 g/mol. The van der Waals surface area contributed by atoms with Crippen LogP contribution in [0.25, 0.3) is 0 Å². The molecule has 0 aliphatic carbocycles. The second-order valence-electron chi connectivity index (χ2n) is 4.98. The monoisotopic (exact) mass is 283 g/mol. The molecule has 1 aliphatic heterocycles. The predicted molar refractivity (Wildman–Crippen MR) is 81.2 cm³/mol. The number of ether oxygens (including phenoxy) is 2. The van der Waals surface area contributed by atoms with E-state index in [-0.39, 0.29) is 5.91 Å². The zero-order chi connectivity index (χ0) is 14.7. The normalized spacial score (nSPS) is 13.4. The summed E-state index contributed by atoms with van der Waals surface area (Å²) in [4.78, 5) is 12.3. The Bertz CT molecular complexity index is 667. The number of anilines is 1. The van der Waals surface area contributed by atoms with Gasteiger partial charge in [0.05, 0.1) is 13.2 Å². The minimum Gasteiger partial charge on any atom is -0.490 e. The number of hydrogen-bond acceptors (Lipinski definition) is 3. The van der Waals surface area contributed by atoms with Crippen molar-refractivity contribution in [1.29, 1.82) is 0 Å². The van der Waals surface area contributed by atoms with Gasteiger partial charge in [-0.25, -0.2) is 0 Å². The van der Waals surface area contributed by atoms with Gasteiger partial charge in [0, 0.05) is 17.7 Å². The van der Waals surface area contributed by atoms with Gasteiger partial charge in [-0.1, -0.05) is 18.2 Å². The van der Waals surface area contributed by atoms with Crippen LogP contribution in [0.3, 0.4) is 0 Å². The Kier molecular flexibility index (Phi) is 3.77. The summed E-state index contributed by atoms with van der Waals surface area (Å²) in [5.74, 6) is 1.17. The quantitative estimate of drug-likeness (QED) is 0.918.